The van der Waals surface area contributed by atoms with E-state index < -0.39 is 0 Å². The van der Waals surface area contributed by atoms with Crippen molar-refractivity contribution < 1.29 is 0 Å². The van der Waals surface area contributed by atoms with Crippen LogP contribution in [0.1, 0.15) is 12.5 Å². The third-order valence-corrected chi connectivity index (χ3v) is 2.68. The van der Waals surface area contributed by atoms with Crippen molar-refractivity contribution in [1.82, 2.24) is 9.38 Å². The Labute approximate surface area is 91.1 Å². The quantitative estimate of drug-likeness (QED) is 0.890. The first-order chi connectivity index (χ1) is 6.66. The van der Waals surface area contributed by atoms with Crippen LogP contribution in [0.4, 0.5) is 0 Å². The van der Waals surface area contributed by atoms with Gasteiger partial charge >= 0.3 is 0 Å². The average Bonchev–Trinajstić information content (AvgIpc) is 2.46. The second-order valence-electron chi connectivity index (χ2n) is 3.53. The largest absolute Gasteiger partial charge is 0.328 e. The molecule has 2 N–H and O–H groups in total. The molecule has 74 valence electrons. The van der Waals surface area contributed by atoms with Gasteiger partial charge in [0.2, 0.25) is 0 Å². The molecule has 14 heavy (non-hydrogen) atoms. The number of imidazole rings is 1. The fraction of sp³-hybridized carbons (Fsp3) is 0.300. The lowest BCUT2D eigenvalue weighted by molar-refractivity contribution is 0.737. The van der Waals surface area contributed by atoms with Gasteiger partial charge in [-0.3, -0.25) is 4.40 Å². The van der Waals surface area contributed by atoms with Gasteiger partial charge in [-0.25, -0.2) is 4.98 Å². The maximum absolute atomic E-state index is 5.74. The van der Waals surface area contributed by atoms with E-state index in [0.29, 0.717) is 0 Å². The van der Waals surface area contributed by atoms with E-state index >= 15 is 0 Å². The van der Waals surface area contributed by atoms with Gasteiger partial charge < -0.3 is 5.73 Å². The number of aromatic nitrogens is 2. The highest BCUT2D eigenvalue weighted by molar-refractivity contribution is 9.10. The van der Waals surface area contributed by atoms with E-state index in [1.54, 1.807) is 6.20 Å². The van der Waals surface area contributed by atoms with Crippen LogP contribution in [0, 0.1) is 0 Å². The van der Waals surface area contributed by atoms with Crippen LogP contribution >= 0.6 is 15.9 Å². The molecule has 0 aliphatic rings. The summed E-state index contributed by atoms with van der Waals surface area (Å²) in [5.74, 6) is 0. The number of rotatable bonds is 2. The molecule has 2 heterocycles. The smallest absolute Gasteiger partial charge is 0.137 e. The molecule has 0 saturated carbocycles. The summed E-state index contributed by atoms with van der Waals surface area (Å²) < 4.78 is 2.96. The first-order valence-corrected chi connectivity index (χ1v) is 5.33. The van der Waals surface area contributed by atoms with Crippen LogP contribution in [-0.2, 0) is 6.42 Å². The highest BCUT2D eigenvalue weighted by Gasteiger charge is 2.02. The van der Waals surface area contributed by atoms with Gasteiger partial charge in [0.1, 0.15) is 10.3 Å². The Morgan fingerprint density at radius 1 is 1.64 bits per heavy atom. The van der Waals surface area contributed by atoms with Gasteiger partial charge in [-0.1, -0.05) is 0 Å². The van der Waals surface area contributed by atoms with E-state index in [4.69, 9.17) is 5.73 Å². The van der Waals surface area contributed by atoms with Crippen molar-refractivity contribution in [2.24, 2.45) is 5.73 Å². The average molecular weight is 254 g/mol. The molecule has 1 atom stereocenters. The monoisotopic (exact) mass is 253 g/mol. The summed E-state index contributed by atoms with van der Waals surface area (Å²) in [5.41, 5.74) is 7.92. The van der Waals surface area contributed by atoms with Crippen LogP contribution in [0.2, 0.25) is 0 Å². The molecule has 0 saturated heterocycles. The minimum absolute atomic E-state index is 0.191. The van der Waals surface area contributed by atoms with Crippen LogP contribution in [0.5, 0.6) is 0 Å². The third kappa shape index (κ3) is 1.81. The molecule has 2 aromatic rings. The molecule has 0 bridgehead atoms. The normalized spacial score (nSPS) is 13.4. The standard InChI is InChI=1S/C10H12BrN3/c1-7(12)4-8-2-3-14-9(11)6-13-10(14)5-8/h2-3,5-7H,4,12H2,1H3. The van der Waals surface area contributed by atoms with Gasteiger partial charge in [-0.05, 0) is 47.0 Å². The number of halogens is 1. The summed E-state index contributed by atoms with van der Waals surface area (Å²) in [7, 11) is 0. The van der Waals surface area contributed by atoms with Crippen molar-refractivity contribution in [3.63, 3.8) is 0 Å². The maximum atomic E-state index is 5.74. The first kappa shape index (κ1) is 9.68. The summed E-state index contributed by atoms with van der Waals surface area (Å²) in [5, 5.41) is 0. The van der Waals surface area contributed by atoms with Gasteiger partial charge in [-0.15, -0.1) is 0 Å². The number of fused-ring (bicyclic) bond motifs is 1. The minimum atomic E-state index is 0.191. The summed E-state index contributed by atoms with van der Waals surface area (Å²) >= 11 is 3.42. The Hall–Kier alpha value is -0.870. The fourth-order valence-electron chi connectivity index (χ4n) is 1.49. The molecule has 0 fully saturated rings. The van der Waals surface area contributed by atoms with E-state index in [1.807, 2.05) is 17.5 Å². The summed E-state index contributed by atoms with van der Waals surface area (Å²) in [4.78, 5) is 4.26. The molecule has 2 rings (SSSR count). The highest BCUT2D eigenvalue weighted by Crippen LogP contribution is 2.14. The lowest BCUT2D eigenvalue weighted by atomic mass is 10.1. The van der Waals surface area contributed by atoms with E-state index in [2.05, 4.69) is 33.0 Å². The summed E-state index contributed by atoms with van der Waals surface area (Å²) in [6.45, 7) is 2.01. The van der Waals surface area contributed by atoms with Crippen LogP contribution in [-0.4, -0.2) is 15.4 Å². The molecule has 0 amide bonds. The van der Waals surface area contributed by atoms with Gasteiger partial charge in [0.15, 0.2) is 0 Å². The predicted octanol–water partition coefficient (Wildman–Crippen LogP) is 1.99. The zero-order valence-corrected chi connectivity index (χ0v) is 9.53. The van der Waals surface area contributed by atoms with Gasteiger partial charge in [0.05, 0.1) is 6.20 Å². The van der Waals surface area contributed by atoms with Gasteiger partial charge in [-0.2, -0.15) is 0 Å². The molecule has 0 spiro atoms. The molecule has 1 unspecified atom stereocenters. The number of nitrogens with two attached hydrogens (primary N) is 1. The van der Waals surface area contributed by atoms with Crippen molar-refractivity contribution >= 4 is 21.6 Å². The molecule has 0 aliphatic heterocycles. The first-order valence-electron chi connectivity index (χ1n) is 4.54. The van der Waals surface area contributed by atoms with Crippen LogP contribution in [0.15, 0.2) is 29.1 Å². The Balaban J connectivity index is 2.42. The Bertz CT molecular complexity index is 448. The molecule has 0 aromatic carbocycles. The van der Waals surface area contributed by atoms with Crippen LogP contribution in [0.25, 0.3) is 5.65 Å². The minimum Gasteiger partial charge on any atom is -0.328 e. The zero-order chi connectivity index (χ0) is 10.1. The molecule has 0 radical (unpaired) electrons. The zero-order valence-electron chi connectivity index (χ0n) is 7.94. The van der Waals surface area contributed by atoms with Crippen molar-refractivity contribution in [3.8, 4) is 0 Å². The molecule has 2 aromatic heterocycles. The Morgan fingerprint density at radius 2 is 2.43 bits per heavy atom. The molecular weight excluding hydrogens is 242 g/mol. The maximum Gasteiger partial charge on any atom is 0.137 e. The van der Waals surface area contributed by atoms with Crippen molar-refractivity contribution in [1.29, 1.82) is 0 Å². The lowest BCUT2D eigenvalue weighted by Gasteiger charge is -2.05. The summed E-state index contributed by atoms with van der Waals surface area (Å²) in [6, 6.07) is 4.33. The molecule has 3 nitrogen and oxygen atoms in total. The number of pyridine rings is 1. The lowest BCUT2D eigenvalue weighted by Crippen LogP contribution is -2.17. The van der Waals surface area contributed by atoms with Crippen LogP contribution < -0.4 is 5.73 Å². The van der Waals surface area contributed by atoms with Crippen LogP contribution in [0.3, 0.4) is 0 Å². The number of nitrogens with zero attached hydrogens (tertiary/aromatic N) is 2. The van der Waals surface area contributed by atoms with Gasteiger partial charge in [0.25, 0.3) is 0 Å². The topological polar surface area (TPSA) is 43.3 Å². The number of hydrogen-bond acceptors (Lipinski definition) is 2. The van der Waals surface area contributed by atoms with Crippen molar-refractivity contribution in [2.45, 2.75) is 19.4 Å². The van der Waals surface area contributed by atoms with E-state index in [0.717, 1.165) is 16.7 Å². The van der Waals surface area contributed by atoms with Gasteiger partial charge in [0, 0.05) is 12.2 Å². The van der Waals surface area contributed by atoms with Crippen molar-refractivity contribution in [3.05, 3.63) is 34.7 Å². The SMILES string of the molecule is CC(N)Cc1ccn2c(Br)cnc2c1. The highest BCUT2D eigenvalue weighted by atomic mass is 79.9. The van der Waals surface area contributed by atoms with E-state index in [9.17, 15) is 0 Å². The second kappa shape index (κ2) is 3.71. The molecule has 4 heteroatoms. The predicted molar refractivity (Wildman–Crippen MR) is 60.2 cm³/mol. The van der Waals surface area contributed by atoms with E-state index in [-0.39, 0.29) is 6.04 Å². The second-order valence-corrected chi connectivity index (χ2v) is 4.34. The number of hydrogen-bond donors (Lipinski definition) is 1. The Morgan fingerprint density at radius 3 is 3.14 bits per heavy atom. The summed E-state index contributed by atoms with van der Waals surface area (Å²) in [6.07, 6.45) is 4.69. The van der Waals surface area contributed by atoms with Crippen molar-refractivity contribution in [2.75, 3.05) is 0 Å². The third-order valence-electron chi connectivity index (χ3n) is 2.09. The Kier molecular flexibility index (Phi) is 2.56. The molecular formula is C10H12BrN3. The van der Waals surface area contributed by atoms with E-state index in [1.165, 1.54) is 5.56 Å². The molecule has 0 aliphatic carbocycles. The fourth-order valence-corrected chi connectivity index (χ4v) is 1.89.